The van der Waals surface area contributed by atoms with Gasteiger partial charge >= 0.3 is 0 Å². The molecular formula is C38H42N6O3. The zero-order chi connectivity index (χ0) is 32.5. The molecule has 0 radical (unpaired) electrons. The van der Waals surface area contributed by atoms with E-state index in [2.05, 4.69) is 37.7 Å². The van der Waals surface area contributed by atoms with Crippen LogP contribution in [0, 0.1) is 46.8 Å². The molecule has 4 saturated carbocycles. The number of hydrogen-bond donors (Lipinski definition) is 1. The summed E-state index contributed by atoms with van der Waals surface area (Å²) in [6.45, 7) is 6.79. The number of amides is 2. The number of fused-ring (bicyclic) bond motifs is 2. The van der Waals surface area contributed by atoms with Gasteiger partial charge in [0.2, 0.25) is 5.91 Å². The van der Waals surface area contributed by atoms with Crippen LogP contribution in [0.4, 0.5) is 0 Å². The highest BCUT2D eigenvalue weighted by Crippen LogP contribution is 2.53. The lowest BCUT2D eigenvalue weighted by Gasteiger charge is -2.54. The summed E-state index contributed by atoms with van der Waals surface area (Å²) in [5.41, 5.74) is 3.79. The molecule has 10 bridgehead atoms. The fraction of sp³-hybridized carbons (Fsp3) is 0.474. The molecule has 10 rings (SSSR count). The second kappa shape index (κ2) is 13.3. The quantitative estimate of drug-likeness (QED) is 0.384. The number of aromatic nitrogens is 2. The highest BCUT2D eigenvalue weighted by Gasteiger charge is 2.48. The lowest BCUT2D eigenvalue weighted by atomic mass is 9.54. The van der Waals surface area contributed by atoms with Crippen LogP contribution >= 0.6 is 0 Å². The number of carbonyl (C=O) groups excluding carboxylic acids is 2. The maximum atomic E-state index is 13.9. The van der Waals surface area contributed by atoms with Crippen molar-refractivity contribution in [1.29, 1.82) is 5.26 Å². The van der Waals surface area contributed by atoms with E-state index in [1.807, 2.05) is 49.2 Å². The van der Waals surface area contributed by atoms with Crippen LogP contribution in [0.1, 0.15) is 78.7 Å². The van der Waals surface area contributed by atoms with E-state index in [1.54, 1.807) is 18.5 Å². The minimum Gasteiger partial charge on any atom is -0.456 e. The van der Waals surface area contributed by atoms with Crippen LogP contribution in [0.2, 0.25) is 0 Å². The maximum absolute atomic E-state index is 13.9. The number of nitriles is 1. The van der Waals surface area contributed by atoms with Crippen molar-refractivity contribution in [2.45, 2.75) is 71.6 Å². The summed E-state index contributed by atoms with van der Waals surface area (Å²) in [6.07, 6.45) is 9.96. The van der Waals surface area contributed by atoms with Crippen LogP contribution in [0.15, 0.2) is 48.9 Å². The topological polar surface area (TPSA) is 103 Å². The van der Waals surface area contributed by atoms with Crippen molar-refractivity contribution in [3.63, 3.8) is 0 Å². The van der Waals surface area contributed by atoms with Crippen LogP contribution in [0.5, 0.6) is 11.5 Å². The van der Waals surface area contributed by atoms with Gasteiger partial charge in [-0.05, 0) is 111 Å². The number of nitrogens with one attached hydrogen (secondary N) is 1. The second-order valence-electron chi connectivity index (χ2n) is 13.8. The molecule has 2 aromatic carbocycles. The van der Waals surface area contributed by atoms with Gasteiger partial charge in [-0.15, -0.1) is 11.8 Å². The summed E-state index contributed by atoms with van der Waals surface area (Å²) in [5.74, 6) is 9.17. The monoisotopic (exact) mass is 630 g/mol. The number of carbonyl (C=O) groups is 2. The van der Waals surface area contributed by atoms with Gasteiger partial charge in [-0.2, -0.15) is 5.26 Å². The number of ether oxygens (including phenoxy) is 1. The summed E-state index contributed by atoms with van der Waals surface area (Å²) >= 11 is 0. The predicted molar refractivity (Wildman–Crippen MR) is 177 cm³/mol. The van der Waals surface area contributed by atoms with Gasteiger partial charge in [-0.25, -0.2) is 4.98 Å². The molecule has 1 aromatic heterocycles. The number of hydrogen-bond acceptors (Lipinski definition) is 6. The number of nitrogens with zero attached hydrogens (tertiary/aromatic N) is 5. The molecule has 1 atom stereocenters. The van der Waals surface area contributed by atoms with Crippen molar-refractivity contribution in [1.82, 2.24) is 24.7 Å². The first kappa shape index (κ1) is 31.0. The van der Waals surface area contributed by atoms with Gasteiger partial charge in [-0.1, -0.05) is 6.07 Å². The van der Waals surface area contributed by atoms with E-state index in [0.717, 1.165) is 35.2 Å². The molecule has 242 valence electrons. The third-order valence-electron chi connectivity index (χ3n) is 10.8. The third kappa shape index (κ3) is 6.50. The van der Waals surface area contributed by atoms with Crippen molar-refractivity contribution >= 4 is 11.8 Å². The molecule has 1 unspecified atom stereocenters. The molecular weight excluding hydrogens is 588 g/mol. The van der Waals surface area contributed by atoms with Crippen molar-refractivity contribution in [2.75, 3.05) is 19.6 Å². The Kier molecular flexibility index (Phi) is 8.75. The molecule has 4 heterocycles. The highest BCUT2D eigenvalue weighted by molar-refractivity contribution is 5.96. The van der Waals surface area contributed by atoms with E-state index in [9.17, 15) is 14.9 Å². The van der Waals surface area contributed by atoms with Crippen LogP contribution in [0.3, 0.4) is 0 Å². The van der Waals surface area contributed by atoms with E-state index >= 15 is 0 Å². The Morgan fingerprint density at radius 2 is 1.70 bits per heavy atom. The van der Waals surface area contributed by atoms with Gasteiger partial charge in [0.15, 0.2) is 0 Å². The second-order valence-corrected chi connectivity index (χ2v) is 13.8. The van der Waals surface area contributed by atoms with Crippen molar-refractivity contribution in [3.8, 4) is 29.4 Å². The lowest BCUT2D eigenvalue weighted by molar-refractivity contribution is -0.136. The van der Waals surface area contributed by atoms with Gasteiger partial charge in [0.1, 0.15) is 17.6 Å². The van der Waals surface area contributed by atoms with E-state index in [4.69, 9.17) is 4.74 Å². The molecule has 2 amide bonds. The number of rotatable bonds is 2. The predicted octanol–water partition coefficient (Wildman–Crippen LogP) is 5.34. The average molecular weight is 631 g/mol. The van der Waals surface area contributed by atoms with Crippen LogP contribution in [-0.4, -0.2) is 56.8 Å². The summed E-state index contributed by atoms with van der Waals surface area (Å²) in [6, 6.07) is 13.6. The van der Waals surface area contributed by atoms with Gasteiger partial charge in [-0.3, -0.25) is 14.5 Å². The molecule has 4 aliphatic carbocycles. The zero-order valence-corrected chi connectivity index (χ0v) is 27.2. The largest absolute Gasteiger partial charge is 0.456 e. The van der Waals surface area contributed by atoms with Crippen molar-refractivity contribution in [3.05, 3.63) is 76.9 Å². The fourth-order valence-corrected chi connectivity index (χ4v) is 8.66. The molecule has 1 saturated heterocycles. The van der Waals surface area contributed by atoms with E-state index < -0.39 is 0 Å². The Hall–Kier alpha value is -4.60. The van der Waals surface area contributed by atoms with Crippen LogP contribution in [-0.2, 0) is 24.4 Å². The Balaban J connectivity index is 0.000000833. The van der Waals surface area contributed by atoms with E-state index in [-0.39, 0.29) is 17.9 Å². The first-order chi connectivity index (χ1) is 22.9. The lowest BCUT2D eigenvalue weighted by Crippen LogP contribution is -2.56. The maximum Gasteiger partial charge on any atom is 0.251 e. The summed E-state index contributed by atoms with van der Waals surface area (Å²) in [5, 5.41) is 13.3. The Morgan fingerprint density at radius 3 is 2.40 bits per heavy atom. The summed E-state index contributed by atoms with van der Waals surface area (Å²) in [7, 11) is 0. The number of imidazole rings is 1. The van der Waals surface area contributed by atoms with Gasteiger partial charge in [0.05, 0.1) is 24.1 Å². The molecule has 9 nitrogen and oxygen atoms in total. The minimum atomic E-state index is -0.0625. The molecule has 5 fully saturated rings. The first-order valence-electron chi connectivity index (χ1n) is 16.9. The molecule has 1 N–H and O–H groups in total. The number of piperazine rings is 1. The fourth-order valence-electron chi connectivity index (χ4n) is 8.66. The Bertz CT molecular complexity index is 1740. The van der Waals surface area contributed by atoms with E-state index in [0.29, 0.717) is 67.2 Å². The molecule has 3 aliphatic heterocycles. The van der Waals surface area contributed by atoms with Gasteiger partial charge in [0, 0.05) is 50.5 Å². The Labute approximate surface area is 276 Å². The van der Waals surface area contributed by atoms with Gasteiger partial charge in [0.25, 0.3) is 5.91 Å². The van der Waals surface area contributed by atoms with Gasteiger partial charge < -0.3 is 19.5 Å². The SMILES string of the molecule is CC#CC.N#Cc1ccc2cc1Oc1ccc(C(=O)NC3C4CC5CC(C4)CC3C5)c(c1)CN1CCN(CC1=O)Cc1cncn1C2. The third-order valence-corrected chi connectivity index (χ3v) is 10.8. The minimum absolute atomic E-state index is 0.0418. The van der Waals surface area contributed by atoms with Crippen molar-refractivity contribution < 1.29 is 14.3 Å². The molecule has 9 heteroatoms. The average Bonchev–Trinajstić information content (AvgIpc) is 3.49. The molecule has 7 aliphatic rings. The summed E-state index contributed by atoms with van der Waals surface area (Å²) < 4.78 is 8.40. The highest BCUT2D eigenvalue weighted by atomic mass is 16.5. The van der Waals surface area contributed by atoms with E-state index in [1.165, 1.54) is 32.1 Å². The van der Waals surface area contributed by atoms with Crippen molar-refractivity contribution in [2.24, 2.45) is 23.7 Å². The summed E-state index contributed by atoms with van der Waals surface area (Å²) in [4.78, 5) is 35.7. The molecule has 3 aromatic rings. The van der Waals surface area contributed by atoms with Crippen LogP contribution in [0.25, 0.3) is 0 Å². The Morgan fingerprint density at radius 1 is 0.936 bits per heavy atom. The normalized spacial score (nSPS) is 26.9. The molecule has 47 heavy (non-hydrogen) atoms. The molecule has 0 spiro atoms. The number of benzene rings is 2. The van der Waals surface area contributed by atoms with Crippen LogP contribution < -0.4 is 10.1 Å². The first-order valence-corrected chi connectivity index (χ1v) is 16.9. The zero-order valence-electron chi connectivity index (χ0n) is 27.2. The smallest absolute Gasteiger partial charge is 0.251 e. The standard InChI is InChI=1S/C34H36N6O3.C4H6/c35-14-24-2-1-21-12-31(24)43-29-3-4-30(34(42)37-33-25-8-22-7-23(10-25)11-26(33)9-22)27(13-29)17-39-6-5-38(19-32(39)41)18-28-15-36-20-40(28)16-21;1-3-4-2/h1-4,12-13,15,20,22-23,25-26,33H,5-11,16-19H2,(H,37,42);1-2H3.